The summed E-state index contributed by atoms with van der Waals surface area (Å²) < 4.78 is 4.84. The highest BCUT2D eigenvalue weighted by Gasteiger charge is 2.17. The van der Waals surface area contributed by atoms with Gasteiger partial charge in [-0.2, -0.15) is 0 Å². The van der Waals surface area contributed by atoms with Gasteiger partial charge in [0.05, 0.1) is 12.0 Å². The maximum Gasteiger partial charge on any atom is 0.180 e. The third-order valence-electron chi connectivity index (χ3n) is 1.70. The number of Topliss-reactive ketones (excluding diaryl/α,β-unsaturated/α-hetero) is 1. The minimum absolute atomic E-state index is 0.223. The Morgan fingerprint density at radius 2 is 2.45 bits per heavy atom. The summed E-state index contributed by atoms with van der Waals surface area (Å²) in [5.74, 6) is 0.223. The predicted molar refractivity (Wildman–Crippen MR) is 40.0 cm³/mol. The number of ether oxygens (including phenoxy) is 1. The molecule has 0 N–H and O–H groups in total. The molecule has 1 aliphatic carbocycles. The first-order valence-electron chi connectivity index (χ1n) is 3.45. The van der Waals surface area contributed by atoms with E-state index in [1.54, 1.807) is 6.26 Å². The van der Waals surface area contributed by atoms with Gasteiger partial charge in [0.25, 0.3) is 0 Å². The Kier molecular flexibility index (Phi) is 1.35. The van der Waals surface area contributed by atoms with Gasteiger partial charge in [-0.25, -0.2) is 4.99 Å². The molecular formula is C8H7NO2. The van der Waals surface area contributed by atoms with Crippen molar-refractivity contribution in [2.24, 2.45) is 4.99 Å². The van der Waals surface area contributed by atoms with Gasteiger partial charge in [0.2, 0.25) is 0 Å². The topological polar surface area (TPSA) is 38.7 Å². The molecule has 0 radical (unpaired) electrons. The Morgan fingerprint density at radius 3 is 3.36 bits per heavy atom. The molecule has 0 bridgehead atoms. The third kappa shape index (κ3) is 1.09. The fourth-order valence-electron chi connectivity index (χ4n) is 1.15. The summed E-state index contributed by atoms with van der Waals surface area (Å²) in [6.07, 6.45) is 5.75. The molecule has 0 saturated heterocycles. The van der Waals surface area contributed by atoms with Crippen molar-refractivity contribution in [3.05, 3.63) is 23.6 Å². The maximum atomic E-state index is 10.9. The molecule has 0 amide bonds. The van der Waals surface area contributed by atoms with Crippen molar-refractivity contribution in [2.75, 3.05) is 0 Å². The Bertz CT molecular complexity index is 286. The fraction of sp³-hybridized carbons (Fsp3) is 0.250. The van der Waals surface area contributed by atoms with E-state index in [4.69, 9.17) is 4.74 Å². The van der Waals surface area contributed by atoms with Crippen molar-refractivity contribution >= 4 is 12.2 Å². The molecular weight excluding hydrogens is 142 g/mol. The first kappa shape index (κ1) is 6.34. The van der Waals surface area contributed by atoms with E-state index in [9.17, 15) is 4.79 Å². The van der Waals surface area contributed by atoms with E-state index in [0.717, 1.165) is 11.3 Å². The molecule has 1 heterocycles. The van der Waals surface area contributed by atoms with Crippen molar-refractivity contribution in [3.63, 3.8) is 0 Å². The van der Waals surface area contributed by atoms with Crippen molar-refractivity contribution in [1.82, 2.24) is 0 Å². The quantitative estimate of drug-likeness (QED) is 0.518. The van der Waals surface area contributed by atoms with Crippen LogP contribution in [0, 0.1) is 0 Å². The highest BCUT2D eigenvalue weighted by atomic mass is 16.5. The molecule has 11 heavy (non-hydrogen) atoms. The smallest absolute Gasteiger partial charge is 0.180 e. The summed E-state index contributed by atoms with van der Waals surface area (Å²) in [6, 6.07) is 0. The van der Waals surface area contributed by atoms with Crippen molar-refractivity contribution in [2.45, 2.75) is 12.8 Å². The minimum Gasteiger partial charge on any atom is -0.453 e. The number of carbonyl (C=O) groups excluding carboxylic acids is 1. The second kappa shape index (κ2) is 2.34. The first-order valence-corrected chi connectivity index (χ1v) is 3.45. The lowest BCUT2D eigenvalue weighted by Crippen LogP contribution is -2.08. The Balaban J connectivity index is 2.35. The molecule has 0 atom stereocenters. The van der Waals surface area contributed by atoms with Gasteiger partial charge in [0.1, 0.15) is 5.78 Å². The zero-order valence-corrected chi connectivity index (χ0v) is 5.91. The fourth-order valence-corrected chi connectivity index (χ4v) is 1.15. The summed E-state index contributed by atoms with van der Waals surface area (Å²) in [5, 5.41) is 0. The molecule has 0 fully saturated rings. The van der Waals surface area contributed by atoms with Crippen LogP contribution >= 0.6 is 0 Å². The average molecular weight is 149 g/mol. The Hall–Kier alpha value is -1.38. The van der Waals surface area contributed by atoms with Crippen LogP contribution in [0.15, 0.2) is 28.6 Å². The first-order chi connectivity index (χ1) is 5.36. The van der Waals surface area contributed by atoms with Gasteiger partial charge >= 0.3 is 0 Å². The molecule has 0 aromatic rings. The van der Waals surface area contributed by atoms with Crippen LogP contribution in [-0.2, 0) is 9.53 Å². The van der Waals surface area contributed by atoms with E-state index in [1.807, 2.05) is 6.08 Å². The predicted octanol–water partition coefficient (Wildman–Crippen LogP) is 1.18. The molecule has 3 heteroatoms. The number of carbonyl (C=O) groups is 1. The van der Waals surface area contributed by atoms with Gasteiger partial charge in [-0.3, -0.25) is 4.79 Å². The van der Waals surface area contributed by atoms with Crippen LogP contribution < -0.4 is 0 Å². The van der Waals surface area contributed by atoms with Crippen LogP contribution in [-0.4, -0.2) is 12.2 Å². The number of hydrogen-bond donors (Lipinski definition) is 0. The number of rotatable bonds is 0. The van der Waals surface area contributed by atoms with Crippen molar-refractivity contribution < 1.29 is 9.53 Å². The van der Waals surface area contributed by atoms with E-state index in [1.165, 1.54) is 6.40 Å². The molecule has 0 unspecified atom stereocenters. The lowest BCUT2D eigenvalue weighted by Gasteiger charge is -2.14. The molecule has 56 valence electrons. The van der Waals surface area contributed by atoms with Crippen LogP contribution in [0.2, 0.25) is 0 Å². The number of hydrogen-bond acceptors (Lipinski definition) is 3. The highest BCUT2D eigenvalue weighted by molar-refractivity contribution is 5.85. The number of fused-ring (bicyclic) bond motifs is 1. The summed E-state index contributed by atoms with van der Waals surface area (Å²) in [7, 11) is 0. The van der Waals surface area contributed by atoms with E-state index in [-0.39, 0.29) is 5.78 Å². The zero-order valence-electron chi connectivity index (χ0n) is 5.91. The standard InChI is InChI=1S/C8H7NO2/c10-7-1-2-8-6(3-7)4-11-5-9-8/h2,4-5H,1,3H2. The minimum atomic E-state index is 0.223. The van der Waals surface area contributed by atoms with Crippen molar-refractivity contribution in [3.8, 4) is 0 Å². The number of allylic oxidation sites excluding steroid dienone is 2. The summed E-state index contributed by atoms with van der Waals surface area (Å²) >= 11 is 0. The van der Waals surface area contributed by atoms with Crippen molar-refractivity contribution in [1.29, 1.82) is 0 Å². The van der Waals surface area contributed by atoms with E-state index >= 15 is 0 Å². The van der Waals surface area contributed by atoms with E-state index in [2.05, 4.69) is 4.99 Å². The molecule has 0 aromatic heterocycles. The largest absolute Gasteiger partial charge is 0.453 e. The Morgan fingerprint density at radius 1 is 1.55 bits per heavy atom. The molecule has 0 saturated carbocycles. The molecule has 1 aliphatic heterocycles. The summed E-state index contributed by atoms with van der Waals surface area (Å²) in [6.45, 7) is 0. The average Bonchev–Trinajstić information content (AvgIpc) is 2.04. The zero-order chi connectivity index (χ0) is 7.68. The molecule has 2 aliphatic rings. The monoisotopic (exact) mass is 149 g/mol. The lowest BCUT2D eigenvalue weighted by molar-refractivity contribution is -0.117. The van der Waals surface area contributed by atoms with Gasteiger partial charge in [0.15, 0.2) is 6.40 Å². The van der Waals surface area contributed by atoms with Gasteiger partial charge in [-0.1, -0.05) is 6.08 Å². The van der Waals surface area contributed by atoms with Gasteiger partial charge in [-0.15, -0.1) is 0 Å². The summed E-state index contributed by atoms with van der Waals surface area (Å²) in [5.41, 5.74) is 1.78. The van der Waals surface area contributed by atoms with E-state index < -0.39 is 0 Å². The van der Waals surface area contributed by atoms with Gasteiger partial charge < -0.3 is 4.74 Å². The van der Waals surface area contributed by atoms with Crippen LogP contribution in [0.1, 0.15) is 12.8 Å². The second-order valence-electron chi connectivity index (χ2n) is 2.52. The number of ketones is 1. The highest BCUT2D eigenvalue weighted by Crippen LogP contribution is 2.24. The molecule has 0 aromatic carbocycles. The third-order valence-corrected chi connectivity index (χ3v) is 1.70. The van der Waals surface area contributed by atoms with Gasteiger partial charge in [-0.05, 0) is 0 Å². The molecule has 2 rings (SSSR count). The van der Waals surface area contributed by atoms with Crippen LogP contribution in [0.4, 0.5) is 0 Å². The summed E-state index contributed by atoms with van der Waals surface area (Å²) in [4.78, 5) is 14.9. The Labute approximate surface area is 64.1 Å². The second-order valence-corrected chi connectivity index (χ2v) is 2.52. The van der Waals surface area contributed by atoms with E-state index in [0.29, 0.717) is 12.8 Å². The molecule has 3 nitrogen and oxygen atoms in total. The SMILES string of the molecule is O=C1CC=C2N=COC=C2C1. The van der Waals surface area contributed by atoms with Crippen LogP contribution in [0.3, 0.4) is 0 Å². The number of nitrogens with zero attached hydrogens (tertiary/aromatic N) is 1. The normalized spacial score (nSPS) is 21.6. The van der Waals surface area contributed by atoms with Crippen LogP contribution in [0.5, 0.6) is 0 Å². The van der Waals surface area contributed by atoms with Gasteiger partial charge in [0, 0.05) is 18.4 Å². The maximum absolute atomic E-state index is 10.9. The lowest BCUT2D eigenvalue weighted by atomic mass is 9.98. The molecule has 0 spiro atoms. The van der Waals surface area contributed by atoms with Crippen LogP contribution in [0.25, 0.3) is 0 Å². The number of aliphatic imine (C=N–C) groups is 1.